The third-order valence-corrected chi connectivity index (χ3v) is 1.30. The van der Waals surface area contributed by atoms with Crippen LogP contribution in [-0.4, -0.2) is 18.7 Å². The van der Waals surface area contributed by atoms with E-state index in [0.29, 0.717) is 12.5 Å². The lowest BCUT2D eigenvalue weighted by Gasteiger charge is -2.03. The van der Waals surface area contributed by atoms with Crippen LogP contribution in [0.5, 0.6) is 0 Å². The predicted octanol–water partition coefficient (Wildman–Crippen LogP) is 0.629. The Labute approximate surface area is 65.4 Å². The molecule has 1 aromatic heterocycles. The SMILES string of the molecule is COCC(N)c1ncc(C)o1. The van der Waals surface area contributed by atoms with E-state index in [0.717, 1.165) is 5.76 Å². The molecule has 0 spiro atoms. The van der Waals surface area contributed by atoms with Gasteiger partial charge < -0.3 is 14.9 Å². The molecule has 2 N–H and O–H groups in total. The summed E-state index contributed by atoms with van der Waals surface area (Å²) < 4.78 is 10.0. The lowest BCUT2D eigenvalue weighted by atomic mass is 10.3. The van der Waals surface area contributed by atoms with Crippen LogP contribution >= 0.6 is 0 Å². The van der Waals surface area contributed by atoms with Crippen molar-refractivity contribution >= 4 is 0 Å². The fourth-order valence-electron chi connectivity index (χ4n) is 0.794. The van der Waals surface area contributed by atoms with Gasteiger partial charge in [-0.15, -0.1) is 0 Å². The van der Waals surface area contributed by atoms with Crippen LogP contribution in [-0.2, 0) is 4.74 Å². The van der Waals surface area contributed by atoms with Gasteiger partial charge in [0.2, 0.25) is 5.89 Å². The highest BCUT2D eigenvalue weighted by atomic mass is 16.5. The first-order chi connectivity index (χ1) is 5.24. The van der Waals surface area contributed by atoms with Crippen LogP contribution in [0.1, 0.15) is 17.7 Å². The van der Waals surface area contributed by atoms with Crippen molar-refractivity contribution in [2.75, 3.05) is 13.7 Å². The summed E-state index contributed by atoms with van der Waals surface area (Å²) in [7, 11) is 1.59. The zero-order chi connectivity index (χ0) is 8.27. The zero-order valence-electron chi connectivity index (χ0n) is 6.70. The number of nitrogens with two attached hydrogens (primary N) is 1. The lowest BCUT2D eigenvalue weighted by Crippen LogP contribution is -2.16. The summed E-state index contributed by atoms with van der Waals surface area (Å²) in [6.07, 6.45) is 1.64. The van der Waals surface area contributed by atoms with Gasteiger partial charge in [0.05, 0.1) is 12.8 Å². The summed E-state index contributed by atoms with van der Waals surface area (Å²) >= 11 is 0. The molecule has 4 nitrogen and oxygen atoms in total. The Kier molecular flexibility index (Phi) is 2.62. The second-order valence-corrected chi connectivity index (χ2v) is 2.37. The summed E-state index contributed by atoms with van der Waals surface area (Å²) in [6.45, 7) is 2.26. The molecule has 0 radical (unpaired) electrons. The quantitative estimate of drug-likeness (QED) is 0.697. The van der Waals surface area contributed by atoms with E-state index >= 15 is 0 Å². The highest BCUT2D eigenvalue weighted by Gasteiger charge is 2.10. The highest BCUT2D eigenvalue weighted by molar-refractivity contribution is 4.95. The molecule has 0 amide bonds. The molecular weight excluding hydrogens is 144 g/mol. The Hall–Kier alpha value is -0.870. The van der Waals surface area contributed by atoms with Gasteiger partial charge in [-0.05, 0) is 6.92 Å². The van der Waals surface area contributed by atoms with Crippen molar-refractivity contribution in [1.29, 1.82) is 0 Å². The van der Waals surface area contributed by atoms with Crippen molar-refractivity contribution in [3.8, 4) is 0 Å². The average Bonchev–Trinajstić information content (AvgIpc) is 2.36. The number of oxazole rings is 1. The van der Waals surface area contributed by atoms with E-state index in [4.69, 9.17) is 14.9 Å². The Morgan fingerprint density at radius 3 is 3.00 bits per heavy atom. The largest absolute Gasteiger partial charge is 0.444 e. The van der Waals surface area contributed by atoms with Crippen molar-refractivity contribution in [2.24, 2.45) is 5.73 Å². The molecule has 0 aliphatic carbocycles. The molecule has 0 saturated carbocycles. The maximum atomic E-state index is 5.64. The molecule has 0 aromatic carbocycles. The number of rotatable bonds is 3. The van der Waals surface area contributed by atoms with Crippen LogP contribution in [0.25, 0.3) is 0 Å². The monoisotopic (exact) mass is 156 g/mol. The van der Waals surface area contributed by atoms with Gasteiger partial charge in [0, 0.05) is 7.11 Å². The minimum Gasteiger partial charge on any atom is -0.444 e. The van der Waals surface area contributed by atoms with Crippen LogP contribution in [0.4, 0.5) is 0 Å². The summed E-state index contributed by atoms with van der Waals surface area (Å²) in [5.74, 6) is 1.30. The second-order valence-electron chi connectivity index (χ2n) is 2.37. The van der Waals surface area contributed by atoms with Crippen molar-refractivity contribution in [3.63, 3.8) is 0 Å². The van der Waals surface area contributed by atoms with Crippen LogP contribution in [0, 0.1) is 6.92 Å². The summed E-state index contributed by atoms with van der Waals surface area (Å²) in [5.41, 5.74) is 5.64. The van der Waals surface area contributed by atoms with Gasteiger partial charge in [0.25, 0.3) is 0 Å². The van der Waals surface area contributed by atoms with Gasteiger partial charge in [0.1, 0.15) is 11.8 Å². The standard InChI is InChI=1S/C7H12N2O2/c1-5-3-9-7(11-5)6(8)4-10-2/h3,6H,4,8H2,1-2H3. The van der Waals surface area contributed by atoms with Crippen LogP contribution in [0.15, 0.2) is 10.6 Å². The van der Waals surface area contributed by atoms with Gasteiger partial charge in [-0.3, -0.25) is 0 Å². The number of hydrogen-bond acceptors (Lipinski definition) is 4. The maximum absolute atomic E-state index is 5.64. The van der Waals surface area contributed by atoms with Crippen LogP contribution in [0.2, 0.25) is 0 Å². The Morgan fingerprint density at radius 1 is 1.82 bits per heavy atom. The number of aryl methyl sites for hydroxylation is 1. The molecule has 1 heterocycles. The molecule has 1 rings (SSSR count). The summed E-state index contributed by atoms with van der Waals surface area (Å²) in [6, 6.07) is -0.256. The number of nitrogens with zero attached hydrogens (tertiary/aromatic N) is 1. The summed E-state index contributed by atoms with van der Waals surface area (Å²) in [4.78, 5) is 3.96. The van der Waals surface area contributed by atoms with Gasteiger partial charge in [-0.2, -0.15) is 0 Å². The van der Waals surface area contributed by atoms with Gasteiger partial charge in [0.15, 0.2) is 0 Å². The van der Waals surface area contributed by atoms with Crippen LogP contribution < -0.4 is 5.73 Å². The normalized spacial score (nSPS) is 13.4. The fourth-order valence-corrected chi connectivity index (χ4v) is 0.794. The van der Waals surface area contributed by atoms with Gasteiger partial charge in [-0.25, -0.2) is 4.98 Å². The smallest absolute Gasteiger partial charge is 0.213 e. The predicted molar refractivity (Wildman–Crippen MR) is 40.0 cm³/mol. The molecule has 0 aliphatic rings. The molecule has 0 saturated heterocycles. The number of hydrogen-bond donors (Lipinski definition) is 1. The first-order valence-electron chi connectivity index (χ1n) is 3.41. The van der Waals surface area contributed by atoms with E-state index in [2.05, 4.69) is 4.98 Å². The van der Waals surface area contributed by atoms with Crippen molar-refractivity contribution < 1.29 is 9.15 Å². The first kappa shape index (κ1) is 8.23. The van der Waals surface area contributed by atoms with Crippen molar-refractivity contribution in [3.05, 3.63) is 17.8 Å². The maximum Gasteiger partial charge on any atom is 0.213 e. The van der Waals surface area contributed by atoms with E-state index in [1.807, 2.05) is 6.92 Å². The highest BCUT2D eigenvalue weighted by Crippen LogP contribution is 2.09. The topological polar surface area (TPSA) is 61.3 Å². The van der Waals surface area contributed by atoms with Crippen molar-refractivity contribution in [2.45, 2.75) is 13.0 Å². The third kappa shape index (κ3) is 2.03. The molecule has 0 bridgehead atoms. The van der Waals surface area contributed by atoms with E-state index in [1.54, 1.807) is 13.3 Å². The molecule has 1 atom stereocenters. The van der Waals surface area contributed by atoms with E-state index in [9.17, 15) is 0 Å². The zero-order valence-corrected chi connectivity index (χ0v) is 6.70. The van der Waals surface area contributed by atoms with Crippen LogP contribution in [0.3, 0.4) is 0 Å². The molecule has 0 fully saturated rings. The summed E-state index contributed by atoms with van der Waals surface area (Å²) in [5, 5.41) is 0. The van der Waals surface area contributed by atoms with Crippen molar-refractivity contribution in [1.82, 2.24) is 4.98 Å². The number of methoxy groups -OCH3 is 1. The van der Waals surface area contributed by atoms with E-state index in [-0.39, 0.29) is 6.04 Å². The molecule has 62 valence electrons. The molecule has 0 aliphatic heterocycles. The second kappa shape index (κ2) is 3.50. The number of ether oxygens (including phenoxy) is 1. The Bertz CT molecular complexity index is 222. The van der Waals surface area contributed by atoms with Gasteiger partial charge in [-0.1, -0.05) is 0 Å². The minimum absolute atomic E-state index is 0.256. The molecule has 4 heteroatoms. The Morgan fingerprint density at radius 2 is 2.55 bits per heavy atom. The third-order valence-electron chi connectivity index (χ3n) is 1.30. The van der Waals surface area contributed by atoms with Gasteiger partial charge >= 0.3 is 0 Å². The molecule has 11 heavy (non-hydrogen) atoms. The van der Waals surface area contributed by atoms with E-state index in [1.165, 1.54) is 0 Å². The fraction of sp³-hybridized carbons (Fsp3) is 0.571. The first-order valence-corrected chi connectivity index (χ1v) is 3.41. The Balaban J connectivity index is 2.60. The molecule has 1 unspecified atom stereocenters. The average molecular weight is 156 g/mol. The molecule has 1 aromatic rings. The molecular formula is C7H12N2O2. The van der Waals surface area contributed by atoms with E-state index < -0.39 is 0 Å². The minimum atomic E-state index is -0.256. The number of aromatic nitrogens is 1. The lowest BCUT2D eigenvalue weighted by molar-refractivity contribution is 0.170.